The molecule has 1 rings (SSSR count). The Kier molecular flexibility index (Phi) is 7.04. The van der Waals surface area contributed by atoms with E-state index < -0.39 is 17.9 Å². The predicted molar refractivity (Wildman–Crippen MR) is 81.4 cm³/mol. The van der Waals surface area contributed by atoms with Crippen molar-refractivity contribution < 1.29 is 19.5 Å². The molecule has 0 heterocycles. The lowest BCUT2D eigenvalue weighted by molar-refractivity contribution is -0.140. The van der Waals surface area contributed by atoms with Crippen LogP contribution < -0.4 is 10.6 Å². The van der Waals surface area contributed by atoms with Crippen molar-refractivity contribution in [2.75, 3.05) is 5.75 Å². The van der Waals surface area contributed by atoms with Crippen LogP contribution in [0, 0.1) is 0 Å². The summed E-state index contributed by atoms with van der Waals surface area (Å²) >= 11 is 6.55. The minimum Gasteiger partial charge on any atom is -0.480 e. The minimum absolute atomic E-state index is 0.0403. The summed E-state index contributed by atoms with van der Waals surface area (Å²) in [6.07, 6.45) is 0. The SMILES string of the molecule is CC(=O)N[C@@H](CSC(=O)NCc1ccc(Cl)cc1)C(=O)O. The molecule has 1 aromatic carbocycles. The summed E-state index contributed by atoms with van der Waals surface area (Å²) in [5, 5.41) is 14.0. The fourth-order valence-corrected chi connectivity index (χ4v) is 2.25. The maximum atomic E-state index is 11.6. The van der Waals surface area contributed by atoms with E-state index in [0.717, 1.165) is 17.3 Å². The topological polar surface area (TPSA) is 95.5 Å². The number of hydrogen-bond donors (Lipinski definition) is 3. The molecule has 1 aromatic rings. The zero-order valence-electron chi connectivity index (χ0n) is 11.3. The van der Waals surface area contributed by atoms with Gasteiger partial charge in [0.2, 0.25) is 5.91 Å². The van der Waals surface area contributed by atoms with Crippen LogP contribution in [0.25, 0.3) is 0 Å². The van der Waals surface area contributed by atoms with Crippen LogP contribution in [-0.4, -0.2) is 34.0 Å². The van der Waals surface area contributed by atoms with Crippen LogP contribution in [0.4, 0.5) is 4.79 Å². The highest BCUT2D eigenvalue weighted by Gasteiger charge is 2.19. The molecule has 114 valence electrons. The second-order valence-corrected chi connectivity index (χ2v) is 5.60. The maximum Gasteiger partial charge on any atom is 0.327 e. The van der Waals surface area contributed by atoms with Crippen molar-refractivity contribution in [1.82, 2.24) is 10.6 Å². The number of carbonyl (C=O) groups excluding carboxylic acids is 2. The Balaban J connectivity index is 2.37. The van der Waals surface area contributed by atoms with Crippen LogP contribution in [-0.2, 0) is 16.1 Å². The quantitative estimate of drug-likeness (QED) is 0.740. The van der Waals surface area contributed by atoms with Crippen LogP contribution in [0.5, 0.6) is 0 Å². The third-order valence-corrected chi connectivity index (χ3v) is 3.57. The zero-order valence-corrected chi connectivity index (χ0v) is 12.8. The predicted octanol–water partition coefficient (Wildman–Crippen LogP) is 1.87. The first-order chi connectivity index (χ1) is 9.88. The fraction of sp³-hybridized carbons (Fsp3) is 0.308. The summed E-state index contributed by atoms with van der Waals surface area (Å²) < 4.78 is 0. The molecule has 0 saturated carbocycles. The average Bonchev–Trinajstić information content (AvgIpc) is 2.42. The lowest BCUT2D eigenvalue weighted by Crippen LogP contribution is -2.42. The Bertz CT molecular complexity index is 521. The van der Waals surface area contributed by atoms with E-state index >= 15 is 0 Å². The van der Waals surface area contributed by atoms with E-state index in [0.29, 0.717) is 11.6 Å². The highest BCUT2D eigenvalue weighted by Crippen LogP contribution is 2.10. The first-order valence-corrected chi connectivity index (χ1v) is 7.40. The van der Waals surface area contributed by atoms with Gasteiger partial charge >= 0.3 is 5.97 Å². The van der Waals surface area contributed by atoms with Gasteiger partial charge in [-0.15, -0.1) is 0 Å². The molecule has 0 fully saturated rings. The zero-order chi connectivity index (χ0) is 15.8. The first kappa shape index (κ1) is 17.3. The van der Waals surface area contributed by atoms with Crippen LogP contribution in [0.15, 0.2) is 24.3 Å². The lowest BCUT2D eigenvalue weighted by atomic mass is 10.2. The Hall–Kier alpha value is -1.73. The number of aliphatic carboxylic acids is 1. The van der Waals surface area contributed by atoms with E-state index in [1.807, 2.05) is 0 Å². The number of carboxylic acids is 1. The molecule has 8 heteroatoms. The van der Waals surface area contributed by atoms with Crippen LogP contribution in [0.2, 0.25) is 5.02 Å². The number of hydrogen-bond acceptors (Lipinski definition) is 4. The second kappa shape index (κ2) is 8.53. The molecule has 2 amide bonds. The van der Waals surface area contributed by atoms with Crippen LogP contribution in [0.1, 0.15) is 12.5 Å². The summed E-state index contributed by atoms with van der Waals surface area (Å²) in [7, 11) is 0. The molecule has 0 aliphatic rings. The number of amides is 2. The maximum absolute atomic E-state index is 11.6. The average molecular weight is 331 g/mol. The Labute approximate surface area is 131 Å². The Morgan fingerprint density at radius 3 is 2.43 bits per heavy atom. The van der Waals surface area contributed by atoms with Gasteiger partial charge in [-0.1, -0.05) is 35.5 Å². The molecule has 0 saturated heterocycles. The van der Waals surface area contributed by atoms with Gasteiger partial charge in [-0.3, -0.25) is 9.59 Å². The molecule has 0 aliphatic heterocycles. The van der Waals surface area contributed by atoms with E-state index in [9.17, 15) is 14.4 Å². The summed E-state index contributed by atoms with van der Waals surface area (Å²) in [5.74, 6) is -1.67. The van der Waals surface area contributed by atoms with Crippen molar-refractivity contribution in [1.29, 1.82) is 0 Å². The molecule has 0 radical (unpaired) electrons. The molecule has 1 atom stereocenters. The molecule has 21 heavy (non-hydrogen) atoms. The minimum atomic E-state index is -1.18. The number of carbonyl (C=O) groups is 3. The van der Waals surface area contributed by atoms with Gasteiger partial charge in [0.15, 0.2) is 0 Å². The van der Waals surface area contributed by atoms with Gasteiger partial charge in [0.05, 0.1) is 0 Å². The standard InChI is InChI=1S/C13H15ClN2O4S/c1-8(17)16-11(12(18)19)7-21-13(20)15-6-9-2-4-10(14)5-3-9/h2-5,11H,6-7H2,1H3,(H,15,20)(H,16,17)(H,18,19)/t11-/m0/s1. The van der Waals surface area contributed by atoms with E-state index in [1.165, 1.54) is 6.92 Å². The Morgan fingerprint density at radius 1 is 1.29 bits per heavy atom. The summed E-state index contributed by atoms with van der Waals surface area (Å²) in [5.41, 5.74) is 0.880. The van der Waals surface area contributed by atoms with E-state index in [2.05, 4.69) is 10.6 Å². The number of carboxylic acid groups (broad SMARTS) is 1. The molecule has 3 N–H and O–H groups in total. The number of nitrogens with one attached hydrogen (secondary N) is 2. The van der Waals surface area contributed by atoms with E-state index in [4.69, 9.17) is 16.7 Å². The molecule has 0 aromatic heterocycles. The van der Waals surface area contributed by atoms with Gasteiger partial charge < -0.3 is 15.7 Å². The van der Waals surface area contributed by atoms with Gasteiger partial charge in [-0.25, -0.2) is 4.79 Å². The van der Waals surface area contributed by atoms with Gasteiger partial charge in [-0.05, 0) is 17.7 Å². The van der Waals surface area contributed by atoms with Gasteiger partial charge in [0, 0.05) is 24.2 Å². The van der Waals surface area contributed by atoms with Crippen LogP contribution >= 0.6 is 23.4 Å². The highest BCUT2D eigenvalue weighted by atomic mass is 35.5. The Morgan fingerprint density at radius 2 is 1.90 bits per heavy atom. The van der Waals surface area contributed by atoms with Crippen molar-refractivity contribution >= 4 is 40.5 Å². The van der Waals surface area contributed by atoms with Gasteiger partial charge in [0.1, 0.15) is 6.04 Å². The first-order valence-electron chi connectivity index (χ1n) is 6.03. The van der Waals surface area contributed by atoms with Crippen molar-refractivity contribution in [2.45, 2.75) is 19.5 Å². The summed E-state index contributed by atoms with van der Waals surface area (Å²) in [4.78, 5) is 33.3. The number of benzene rings is 1. The van der Waals surface area contributed by atoms with Gasteiger partial charge in [-0.2, -0.15) is 0 Å². The smallest absolute Gasteiger partial charge is 0.327 e. The van der Waals surface area contributed by atoms with Crippen molar-refractivity contribution in [3.63, 3.8) is 0 Å². The van der Waals surface area contributed by atoms with Crippen molar-refractivity contribution in [3.8, 4) is 0 Å². The third-order valence-electron chi connectivity index (χ3n) is 2.41. The van der Waals surface area contributed by atoms with Gasteiger partial charge in [0.25, 0.3) is 5.24 Å². The van der Waals surface area contributed by atoms with Crippen molar-refractivity contribution in [3.05, 3.63) is 34.9 Å². The molecule has 0 unspecified atom stereocenters. The summed E-state index contributed by atoms with van der Waals surface area (Å²) in [6.45, 7) is 1.54. The van der Waals surface area contributed by atoms with Crippen LogP contribution in [0.3, 0.4) is 0 Å². The third kappa shape index (κ3) is 7.01. The lowest BCUT2D eigenvalue weighted by Gasteiger charge is -2.12. The van der Waals surface area contributed by atoms with E-state index in [1.54, 1.807) is 24.3 Å². The largest absolute Gasteiger partial charge is 0.480 e. The van der Waals surface area contributed by atoms with Crippen molar-refractivity contribution in [2.24, 2.45) is 0 Å². The fourth-order valence-electron chi connectivity index (χ4n) is 1.41. The molecular weight excluding hydrogens is 316 g/mol. The number of rotatable bonds is 6. The number of halogens is 1. The molecule has 0 aliphatic carbocycles. The number of thioether (sulfide) groups is 1. The monoisotopic (exact) mass is 330 g/mol. The molecular formula is C13H15ClN2O4S. The normalized spacial score (nSPS) is 11.5. The highest BCUT2D eigenvalue weighted by molar-refractivity contribution is 8.13. The van der Waals surface area contributed by atoms with E-state index in [-0.39, 0.29) is 11.0 Å². The molecule has 6 nitrogen and oxygen atoms in total. The second-order valence-electron chi connectivity index (χ2n) is 4.17. The summed E-state index contributed by atoms with van der Waals surface area (Å²) in [6, 6.07) is 5.91. The molecule has 0 bridgehead atoms. The molecule has 0 spiro atoms.